The minimum atomic E-state index is -3.35. The Balaban J connectivity index is 1.05. The predicted molar refractivity (Wildman–Crippen MR) is 254 cm³/mol. The van der Waals surface area contributed by atoms with Crippen LogP contribution in [0.3, 0.4) is 0 Å². The molecule has 0 atom stereocenters. The molecule has 1 heterocycles. The molecule has 1 aromatic heterocycles. The number of hydrogen-bond donors (Lipinski definition) is 0. The Hall–Kier alpha value is -7.39. The van der Waals surface area contributed by atoms with Crippen LogP contribution in [0.5, 0.6) is 0 Å². The first-order valence-corrected chi connectivity index (χ1v) is 24.6. The van der Waals surface area contributed by atoms with Gasteiger partial charge in [-0.05, 0) is 37.3 Å². The van der Waals surface area contributed by atoms with Gasteiger partial charge >= 0.3 is 251 Å². The van der Waals surface area contributed by atoms with Gasteiger partial charge < -0.3 is 4.57 Å². The summed E-state index contributed by atoms with van der Waals surface area (Å²) in [5, 5.41) is 11.8. The maximum absolute atomic E-state index is 9.45. The van der Waals surface area contributed by atoms with Crippen LogP contribution in [-0.4, -0.2) is 17.8 Å². The molecule has 0 N–H and O–H groups in total. The van der Waals surface area contributed by atoms with Crippen LogP contribution in [0.25, 0.3) is 38.6 Å². The van der Waals surface area contributed by atoms with E-state index < -0.39 is 13.3 Å². The third-order valence-electron chi connectivity index (χ3n) is 11.9. The van der Waals surface area contributed by atoms with Gasteiger partial charge in [0.05, 0.1) is 22.7 Å². The van der Waals surface area contributed by atoms with E-state index >= 15 is 0 Å². The Morgan fingerprint density at radius 3 is 1.42 bits per heavy atom. The van der Waals surface area contributed by atoms with Crippen molar-refractivity contribution >= 4 is 69.7 Å². The van der Waals surface area contributed by atoms with Crippen molar-refractivity contribution in [2.45, 2.75) is 6.92 Å². The van der Waals surface area contributed by atoms with Gasteiger partial charge in [-0.2, -0.15) is 5.26 Å². The molecule has 0 fully saturated rings. The summed E-state index contributed by atoms with van der Waals surface area (Å²) in [7, 11) is 0. The summed E-state index contributed by atoms with van der Waals surface area (Å²) in [6.45, 7) is 2.13. The number of benzene rings is 9. The molecule has 0 aliphatic rings. The molecule has 0 unspecified atom stereocenters. The molecule has 4 heteroatoms. The average molecular weight is 829 g/mol. The van der Waals surface area contributed by atoms with Crippen molar-refractivity contribution in [1.82, 2.24) is 4.57 Å². The van der Waals surface area contributed by atoms with Crippen molar-refractivity contribution in [1.29, 1.82) is 5.26 Å². The molecular formula is C56H41GeN3. The SMILES string of the molecule is Cc1ccc(N(c2ccc(-c3cc[c]([Ge]([c]4ccccc4)([c]4ccccc4)[c]4ccccc4)cc3)cc2)c2ccc3c(c2)c2ccccc2n3-c2ccc(C#N)cc2)cc1. The summed E-state index contributed by atoms with van der Waals surface area (Å²) >= 11 is -3.35. The van der Waals surface area contributed by atoms with Crippen LogP contribution < -0.4 is 22.5 Å². The van der Waals surface area contributed by atoms with Gasteiger partial charge in [0.15, 0.2) is 0 Å². The fourth-order valence-electron chi connectivity index (χ4n) is 8.98. The van der Waals surface area contributed by atoms with E-state index in [1.165, 1.54) is 45.0 Å². The number of para-hydroxylation sites is 1. The number of aromatic nitrogens is 1. The third kappa shape index (κ3) is 6.48. The van der Waals surface area contributed by atoms with Gasteiger partial charge in [0.25, 0.3) is 0 Å². The third-order valence-corrected chi connectivity index (χ3v) is 21.9. The molecule has 284 valence electrons. The molecule has 10 rings (SSSR count). The van der Waals surface area contributed by atoms with E-state index in [4.69, 9.17) is 0 Å². The van der Waals surface area contributed by atoms with E-state index in [1.807, 2.05) is 24.3 Å². The first-order chi connectivity index (χ1) is 29.6. The van der Waals surface area contributed by atoms with Gasteiger partial charge in [-0.25, -0.2) is 0 Å². The fraction of sp³-hybridized carbons (Fsp3) is 0.0179. The van der Waals surface area contributed by atoms with Crippen LogP contribution in [0, 0.1) is 18.3 Å². The maximum atomic E-state index is 9.45. The number of nitrogens with zero attached hydrogens (tertiary/aromatic N) is 3. The topological polar surface area (TPSA) is 32.0 Å². The second-order valence-corrected chi connectivity index (χ2v) is 23.3. The number of rotatable bonds is 9. The zero-order valence-electron chi connectivity index (χ0n) is 33.3. The molecule has 0 bridgehead atoms. The van der Waals surface area contributed by atoms with Crippen LogP contribution in [0.4, 0.5) is 17.1 Å². The first-order valence-electron chi connectivity index (χ1n) is 20.4. The molecule has 10 aromatic rings. The van der Waals surface area contributed by atoms with Crippen LogP contribution in [-0.2, 0) is 0 Å². The van der Waals surface area contributed by atoms with E-state index in [0.29, 0.717) is 5.56 Å². The van der Waals surface area contributed by atoms with Gasteiger partial charge in [0.1, 0.15) is 0 Å². The normalized spacial score (nSPS) is 11.4. The van der Waals surface area contributed by atoms with E-state index in [0.717, 1.165) is 33.8 Å². The van der Waals surface area contributed by atoms with Gasteiger partial charge in [0.2, 0.25) is 0 Å². The van der Waals surface area contributed by atoms with Gasteiger partial charge in [-0.15, -0.1) is 0 Å². The van der Waals surface area contributed by atoms with Crippen LogP contribution in [0.2, 0.25) is 0 Å². The molecule has 0 saturated carbocycles. The second-order valence-electron chi connectivity index (χ2n) is 15.4. The van der Waals surface area contributed by atoms with Crippen molar-refractivity contribution in [3.05, 3.63) is 242 Å². The van der Waals surface area contributed by atoms with Crippen molar-refractivity contribution in [3.63, 3.8) is 0 Å². The van der Waals surface area contributed by atoms with E-state index in [-0.39, 0.29) is 0 Å². The average Bonchev–Trinajstić information content (AvgIpc) is 3.65. The second kappa shape index (κ2) is 15.8. The Bertz CT molecular complexity index is 3020. The Morgan fingerprint density at radius 1 is 0.417 bits per heavy atom. The van der Waals surface area contributed by atoms with Crippen molar-refractivity contribution in [3.8, 4) is 22.9 Å². The quantitative estimate of drug-likeness (QED) is 0.136. The summed E-state index contributed by atoms with van der Waals surface area (Å²) in [6, 6.07) is 86.0. The molecule has 0 amide bonds. The number of hydrogen-bond acceptors (Lipinski definition) is 2. The summed E-state index contributed by atoms with van der Waals surface area (Å²) in [5.41, 5.74) is 10.8. The van der Waals surface area contributed by atoms with E-state index in [2.05, 4.69) is 229 Å². The molecule has 0 aliphatic heterocycles. The van der Waals surface area contributed by atoms with Crippen LogP contribution >= 0.6 is 0 Å². The van der Waals surface area contributed by atoms with E-state index in [9.17, 15) is 5.26 Å². The summed E-state index contributed by atoms with van der Waals surface area (Å²) in [6.07, 6.45) is 0. The predicted octanol–water partition coefficient (Wildman–Crippen LogP) is 11.5. The zero-order chi connectivity index (χ0) is 40.5. The van der Waals surface area contributed by atoms with Crippen LogP contribution in [0.15, 0.2) is 231 Å². The number of anilines is 3. The molecule has 9 aromatic carbocycles. The van der Waals surface area contributed by atoms with E-state index in [1.54, 1.807) is 0 Å². The van der Waals surface area contributed by atoms with Crippen molar-refractivity contribution in [2.75, 3.05) is 4.90 Å². The zero-order valence-corrected chi connectivity index (χ0v) is 35.4. The Morgan fingerprint density at radius 2 is 0.867 bits per heavy atom. The van der Waals surface area contributed by atoms with Crippen molar-refractivity contribution < 1.29 is 0 Å². The first kappa shape index (κ1) is 36.9. The summed E-state index contributed by atoms with van der Waals surface area (Å²) < 4.78 is 7.94. The molecular weight excluding hydrogens is 787 g/mol. The summed E-state index contributed by atoms with van der Waals surface area (Å²) in [5.74, 6) is 0. The Labute approximate surface area is 354 Å². The van der Waals surface area contributed by atoms with Gasteiger partial charge in [0, 0.05) is 11.1 Å². The summed E-state index contributed by atoms with van der Waals surface area (Å²) in [4.78, 5) is 2.35. The van der Waals surface area contributed by atoms with Gasteiger partial charge in [-0.1, -0.05) is 23.8 Å². The van der Waals surface area contributed by atoms with Gasteiger partial charge in [-0.3, -0.25) is 0 Å². The monoisotopic (exact) mass is 829 g/mol. The molecule has 0 radical (unpaired) electrons. The molecule has 0 spiro atoms. The Kier molecular flexibility index (Phi) is 9.69. The fourth-order valence-corrected chi connectivity index (χ4v) is 18.9. The standard InChI is InChI=1S/C56H41GeN3/c1-41-21-31-49(32-22-41)59(52-37-38-56-54(39-52)53-19-11-12-20-55(53)60(56)51-33-23-42(40-58)24-34-51)50-35-27-44(28-36-50)43-25-29-48(30-26-43)57(45-13-5-2-6-14-45,46-15-7-3-8-16-46)47-17-9-4-10-18-47/h2-39H,1H3. The number of nitriles is 1. The minimum absolute atomic E-state index is 0.650. The molecule has 0 aliphatic carbocycles. The molecule has 3 nitrogen and oxygen atoms in total. The number of aryl methyl sites for hydroxylation is 1. The van der Waals surface area contributed by atoms with Crippen molar-refractivity contribution in [2.24, 2.45) is 0 Å². The van der Waals surface area contributed by atoms with Crippen LogP contribution in [0.1, 0.15) is 11.1 Å². The molecule has 0 saturated heterocycles. The molecule has 60 heavy (non-hydrogen) atoms. The number of fused-ring (bicyclic) bond motifs is 3.